The summed E-state index contributed by atoms with van der Waals surface area (Å²) >= 11 is 0. The molecule has 2 aliphatic rings. The summed E-state index contributed by atoms with van der Waals surface area (Å²) in [6, 6.07) is 0.549. The smallest absolute Gasteiger partial charge is 0.237 e. The van der Waals surface area contributed by atoms with E-state index < -0.39 is 0 Å². The maximum atomic E-state index is 12.1. The van der Waals surface area contributed by atoms with Crippen LogP contribution in [0.4, 0.5) is 0 Å². The van der Waals surface area contributed by atoms with Crippen LogP contribution in [0, 0.1) is 5.92 Å². The molecule has 0 aromatic rings. The van der Waals surface area contributed by atoms with Crippen molar-refractivity contribution in [3.05, 3.63) is 0 Å². The molecule has 2 saturated heterocycles. The van der Waals surface area contributed by atoms with E-state index in [4.69, 9.17) is 5.73 Å². The Morgan fingerprint density at radius 3 is 2.83 bits per heavy atom. The summed E-state index contributed by atoms with van der Waals surface area (Å²) in [5.41, 5.74) is 5.94. The van der Waals surface area contributed by atoms with Crippen LogP contribution in [-0.2, 0) is 4.79 Å². The zero-order valence-corrected chi connectivity index (χ0v) is 11.7. The van der Waals surface area contributed by atoms with Gasteiger partial charge in [-0.3, -0.25) is 9.69 Å². The zero-order chi connectivity index (χ0) is 13.1. The van der Waals surface area contributed by atoms with Crippen LogP contribution in [0.25, 0.3) is 0 Å². The minimum atomic E-state index is -0.345. The van der Waals surface area contributed by atoms with Crippen LogP contribution >= 0.6 is 0 Å². The topological polar surface area (TPSA) is 58.4 Å². The van der Waals surface area contributed by atoms with Crippen molar-refractivity contribution >= 4 is 5.91 Å². The van der Waals surface area contributed by atoms with Crippen LogP contribution < -0.4 is 11.1 Å². The van der Waals surface area contributed by atoms with E-state index in [2.05, 4.69) is 24.1 Å². The molecule has 0 saturated carbocycles. The van der Waals surface area contributed by atoms with Gasteiger partial charge >= 0.3 is 0 Å². The number of rotatable bonds is 4. The maximum Gasteiger partial charge on any atom is 0.237 e. The zero-order valence-electron chi connectivity index (χ0n) is 11.7. The van der Waals surface area contributed by atoms with Crippen molar-refractivity contribution in [2.24, 2.45) is 11.7 Å². The Morgan fingerprint density at radius 2 is 2.11 bits per heavy atom. The molecule has 0 radical (unpaired) electrons. The van der Waals surface area contributed by atoms with Gasteiger partial charge in [-0.15, -0.1) is 0 Å². The van der Waals surface area contributed by atoms with Gasteiger partial charge in [0, 0.05) is 18.6 Å². The monoisotopic (exact) mass is 253 g/mol. The summed E-state index contributed by atoms with van der Waals surface area (Å²) in [6.07, 6.45) is 5.69. The van der Waals surface area contributed by atoms with Crippen LogP contribution in [0.5, 0.6) is 0 Å². The molecule has 2 rings (SSSR count). The van der Waals surface area contributed by atoms with Crippen LogP contribution in [0.15, 0.2) is 0 Å². The minimum Gasteiger partial charge on any atom is -0.350 e. The largest absolute Gasteiger partial charge is 0.350 e. The lowest BCUT2D eigenvalue weighted by atomic mass is 9.98. The van der Waals surface area contributed by atoms with Gasteiger partial charge in [0.2, 0.25) is 5.91 Å². The first-order valence-corrected chi connectivity index (χ1v) is 7.38. The molecule has 4 nitrogen and oxygen atoms in total. The van der Waals surface area contributed by atoms with Crippen LogP contribution in [-0.4, -0.2) is 42.0 Å². The predicted octanol–water partition coefficient (Wildman–Crippen LogP) is 1.10. The average molecular weight is 253 g/mol. The Bertz CT molecular complexity index is 293. The molecule has 4 heteroatoms. The van der Waals surface area contributed by atoms with Crippen molar-refractivity contribution in [2.45, 2.75) is 64.1 Å². The lowest BCUT2D eigenvalue weighted by Crippen LogP contribution is -2.51. The Kier molecular flexibility index (Phi) is 4.62. The molecule has 0 bridgehead atoms. The number of piperidine rings is 1. The number of nitrogens with zero attached hydrogens (tertiary/aromatic N) is 1. The van der Waals surface area contributed by atoms with Crippen LogP contribution in [0.3, 0.4) is 0 Å². The Hall–Kier alpha value is -0.610. The first-order valence-electron chi connectivity index (χ1n) is 7.38. The van der Waals surface area contributed by atoms with E-state index in [9.17, 15) is 4.79 Å². The number of amides is 1. The molecule has 3 atom stereocenters. The number of carbonyl (C=O) groups excluding carboxylic acids is 1. The molecule has 104 valence electrons. The fourth-order valence-corrected chi connectivity index (χ4v) is 3.32. The lowest BCUT2D eigenvalue weighted by molar-refractivity contribution is -0.123. The maximum absolute atomic E-state index is 12.1. The third-order valence-corrected chi connectivity index (χ3v) is 4.25. The molecule has 3 N–H and O–H groups in total. The van der Waals surface area contributed by atoms with Gasteiger partial charge in [0.25, 0.3) is 0 Å². The molecular formula is C14H27N3O. The van der Waals surface area contributed by atoms with Crippen LogP contribution in [0.1, 0.15) is 46.0 Å². The molecule has 2 fully saturated rings. The number of nitrogens with two attached hydrogens (primary N) is 1. The molecule has 0 aliphatic carbocycles. The third-order valence-electron chi connectivity index (χ3n) is 4.25. The van der Waals surface area contributed by atoms with E-state index in [1.807, 2.05) is 0 Å². The molecular weight excluding hydrogens is 226 g/mol. The van der Waals surface area contributed by atoms with Crippen molar-refractivity contribution in [2.75, 3.05) is 13.1 Å². The van der Waals surface area contributed by atoms with Gasteiger partial charge in [-0.05, 0) is 38.1 Å². The number of fused-ring (bicyclic) bond motifs is 1. The van der Waals surface area contributed by atoms with Crippen molar-refractivity contribution in [1.82, 2.24) is 10.2 Å². The van der Waals surface area contributed by atoms with Crippen molar-refractivity contribution in [3.8, 4) is 0 Å². The SMILES string of the molecule is CC(C)CC(N)C(=O)NC1CCN2CCCCC12. The molecule has 3 unspecified atom stereocenters. The predicted molar refractivity (Wildman–Crippen MR) is 73.2 cm³/mol. The molecule has 0 aromatic heterocycles. The van der Waals surface area contributed by atoms with Gasteiger partial charge in [-0.2, -0.15) is 0 Å². The molecule has 0 aromatic carbocycles. The van der Waals surface area contributed by atoms with E-state index in [0.717, 1.165) is 19.4 Å². The number of hydrogen-bond acceptors (Lipinski definition) is 3. The second kappa shape index (κ2) is 6.02. The van der Waals surface area contributed by atoms with Crippen molar-refractivity contribution in [1.29, 1.82) is 0 Å². The van der Waals surface area contributed by atoms with Crippen LogP contribution in [0.2, 0.25) is 0 Å². The van der Waals surface area contributed by atoms with E-state index in [1.54, 1.807) is 0 Å². The van der Waals surface area contributed by atoms with Gasteiger partial charge in [0.15, 0.2) is 0 Å². The Labute approximate surface area is 110 Å². The van der Waals surface area contributed by atoms with Gasteiger partial charge < -0.3 is 11.1 Å². The highest BCUT2D eigenvalue weighted by molar-refractivity contribution is 5.81. The summed E-state index contributed by atoms with van der Waals surface area (Å²) in [7, 11) is 0. The van der Waals surface area contributed by atoms with Gasteiger partial charge in [0.1, 0.15) is 0 Å². The normalized spacial score (nSPS) is 30.2. The highest BCUT2D eigenvalue weighted by atomic mass is 16.2. The molecule has 2 heterocycles. The summed E-state index contributed by atoms with van der Waals surface area (Å²) in [4.78, 5) is 14.6. The molecule has 0 spiro atoms. The van der Waals surface area contributed by atoms with Gasteiger partial charge in [0.05, 0.1) is 6.04 Å². The summed E-state index contributed by atoms with van der Waals surface area (Å²) < 4.78 is 0. The number of nitrogens with one attached hydrogen (secondary N) is 1. The molecule has 1 amide bonds. The van der Waals surface area contributed by atoms with E-state index >= 15 is 0 Å². The Balaban J connectivity index is 1.84. The summed E-state index contributed by atoms with van der Waals surface area (Å²) in [5, 5.41) is 3.18. The van der Waals surface area contributed by atoms with E-state index in [1.165, 1.54) is 25.8 Å². The summed E-state index contributed by atoms with van der Waals surface area (Å²) in [5.74, 6) is 0.515. The average Bonchev–Trinajstić information content (AvgIpc) is 2.72. The lowest BCUT2D eigenvalue weighted by Gasteiger charge is -2.33. The highest BCUT2D eigenvalue weighted by Crippen LogP contribution is 2.27. The van der Waals surface area contributed by atoms with Crippen molar-refractivity contribution < 1.29 is 4.79 Å². The minimum absolute atomic E-state index is 0.0427. The standard InChI is InChI=1S/C14H27N3O/c1-10(2)9-11(15)14(18)16-12-6-8-17-7-4-3-5-13(12)17/h10-13H,3-9,15H2,1-2H3,(H,16,18). The highest BCUT2D eigenvalue weighted by Gasteiger charge is 2.36. The second-order valence-electron chi connectivity index (χ2n) is 6.24. The van der Waals surface area contributed by atoms with E-state index in [0.29, 0.717) is 18.0 Å². The van der Waals surface area contributed by atoms with Gasteiger partial charge in [-0.25, -0.2) is 0 Å². The quantitative estimate of drug-likeness (QED) is 0.789. The van der Waals surface area contributed by atoms with Crippen molar-refractivity contribution in [3.63, 3.8) is 0 Å². The molecule has 2 aliphatic heterocycles. The first kappa shape index (κ1) is 13.8. The fourth-order valence-electron chi connectivity index (χ4n) is 3.32. The number of hydrogen-bond donors (Lipinski definition) is 2. The summed E-state index contributed by atoms with van der Waals surface area (Å²) in [6.45, 7) is 6.54. The second-order valence-corrected chi connectivity index (χ2v) is 6.24. The first-order chi connectivity index (χ1) is 8.58. The number of carbonyl (C=O) groups is 1. The third kappa shape index (κ3) is 3.23. The Morgan fingerprint density at radius 1 is 1.33 bits per heavy atom. The van der Waals surface area contributed by atoms with Gasteiger partial charge in [-0.1, -0.05) is 20.3 Å². The van der Waals surface area contributed by atoms with E-state index in [-0.39, 0.29) is 11.9 Å². The molecule has 18 heavy (non-hydrogen) atoms. The fraction of sp³-hybridized carbons (Fsp3) is 0.929.